The molecule has 1 aromatic rings. The summed E-state index contributed by atoms with van der Waals surface area (Å²) in [5.74, 6) is -1.59. The first kappa shape index (κ1) is 21.6. The standard InChI is InChI=1S/C17H23N3O5S/c1-12(2)17(3,11-18)19-15(21)10-25-16(22)13-7-6-8-14(9-13)26(23,24)20(4)5/h6-9,12H,10H2,1-5H3,(H,19,21)/t17-/m0/s1. The van der Waals surface area contributed by atoms with Gasteiger partial charge in [-0.05, 0) is 31.0 Å². The van der Waals surface area contributed by atoms with Crippen LogP contribution in [-0.4, -0.2) is 50.8 Å². The lowest BCUT2D eigenvalue weighted by atomic mass is 9.90. The second-order valence-corrected chi connectivity index (χ2v) is 8.56. The zero-order valence-corrected chi connectivity index (χ0v) is 16.3. The van der Waals surface area contributed by atoms with Crippen LogP contribution in [0.1, 0.15) is 31.1 Å². The zero-order valence-electron chi connectivity index (χ0n) is 15.4. The molecule has 0 unspecified atom stereocenters. The van der Waals surface area contributed by atoms with Crippen molar-refractivity contribution in [1.29, 1.82) is 5.26 Å². The molecule has 8 nitrogen and oxygen atoms in total. The van der Waals surface area contributed by atoms with Crippen molar-refractivity contribution in [2.75, 3.05) is 20.7 Å². The van der Waals surface area contributed by atoms with Crippen LogP contribution in [0, 0.1) is 17.2 Å². The molecule has 0 heterocycles. The minimum Gasteiger partial charge on any atom is -0.452 e. The zero-order chi connectivity index (χ0) is 20.1. The average molecular weight is 381 g/mol. The van der Waals surface area contributed by atoms with Crippen molar-refractivity contribution in [2.24, 2.45) is 5.92 Å². The fraction of sp³-hybridized carbons (Fsp3) is 0.471. The van der Waals surface area contributed by atoms with Crippen LogP contribution < -0.4 is 5.32 Å². The molecule has 1 N–H and O–H groups in total. The molecular weight excluding hydrogens is 358 g/mol. The summed E-state index contributed by atoms with van der Waals surface area (Å²) in [6.07, 6.45) is 0. The van der Waals surface area contributed by atoms with Gasteiger partial charge in [-0.1, -0.05) is 19.9 Å². The number of rotatable bonds is 7. The van der Waals surface area contributed by atoms with Gasteiger partial charge in [0.25, 0.3) is 5.91 Å². The highest BCUT2D eigenvalue weighted by molar-refractivity contribution is 7.89. The van der Waals surface area contributed by atoms with Crippen LogP contribution in [0.4, 0.5) is 0 Å². The number of sulfonamides is 1. The van der Waals surface area contributed by atoms with Crippen molar-refractivity contribution in [3.63, 3.8) is 0 Å². The van der Waals surface area contributed by atoms with Crippen molar-refractivity contribution in [1.82, 2.24) is 9.62 Å². The van der Waals surface area contributed by atoms with Gasteiger partial charge in [0.15, 0.2) is 6.61 Å². The number of amides is 1. The Morgan fingerprint density at radius 1 is 1.35 bits per heavy atom. The van der Waals surface area contributed by atoms with Crippen molar-refractivity contribution in [3.8, 4) is 6.07 Å². The van der Waals surface area contributed by atoms with E-state index in [1.54, 1.807) is 20.8 Å². The van der Waals surface area contributed by atoms with E-state index in [0.717, 1.165) is 4.31 Å². The molecule has 0 aromatic heterocycles. The van der Waals surface area contributed by atoms with E-state index in [0.29, 0.717) is 0 Å². The number of hydrogen-bond donors (Lipinski definition) is 1. The predicted molar refractivity (Wildman–Crippen MR) is 94.6 cm³/mol. The van der Waals surface area contributed by atoms with Gasteiger partial charge in [-0.3, -0.25) is 4.79 Å². The summed E-state index contributed by atoms with van der Waals surface area (Å²) in [5, 5.41) is 11.7. The van der Waals surface area contributed by atoms with Crippen molar-refractivity contribution in [3.05, 3.63) is 29.8 Å². The summed E-state index contributed by atoms with van der Waals surface area (Å²) in [7, 11) is -0.930. The molecular formula is C17H23N3O5S. The SMILES string of the molecule is CC(C)[C@](C)(C#N)NC(=O)COC(=O)c1cccc(S(=O)(=O)N(C)C)c1. The lowest BCUT2D eigenvalue weighted by molar-refractivity contribution is -0.125. The van der Waals surface area contributed by atoms with Crippen LogP contribution in [-0.2, 0) is 19.6 Å². The maximum absolute atomic E-state index is 12.1. The van der Waals surface area contributed by atoms with Crippen LogP contribution >= 0.6 is 0 Å². The molecule has 1 atom stereocenters. The molecule has 0 fully saturated rings. The summed E-state index contributed by atoms with van der Waals surface area (Å²) in [4.78, 5) is 24.0. The molecule has 0 aliphatic rings. The maximum Gasteiger partial charge on any atom is 0.338 e. The molecule has 26 heavy (non-hydrogen) atoms. The van der Waals surface area contributed by atoms with Crippen LogP contribution in [0.3, 0.4) is 0 Å². The molecule has 9 heteroatoms. The molecule has 0 saturated heterocycles. The smallest absolute Gasteiger partial charge is 0.338 e. The Hall–Kier alpha value is -2.44. The van der Waals surface area contributed by atoms with Gasteiger partial charge in [0.1, 0.15) is 5.54 Å². The highest BCUT2D eigenvalue weighted by atomic mass is 32.2. The van der Waals surface area contributed by atoms with Gasteiger partial charge < -0.3 is 10.1 Å². The number of benzene rings is 1. The number of carbonyl (C=O) groups excluding carboxylic acids is 2. The highest BCUT2D eigenvalue weighted by Gasteiger charge is 2.30. The average Bonchev–Trinajstić information content (AvgIpc) is 2.59. The van der Waals surface area contributed by atoms with E-state index in [1.807, 2.05) is 6.07 Å². The second-order valence-electron chi connectivity index (χ2n) is 6.41. The Bertz CT molecular complexity index is 827. The number of carbonyl (C=O) groups is 2. The van der Waals surface area contributed by atoms with Crippen LogP contribution in [0.5, 0.6) is 0 Å². The number of esters is 1. The quantitative estimate of drug-likeness (QED) is 0.708. The number of nitriles is 1. The molecule has 1 aromatic carbocycles. The van der Waals surface area contributed by atoms with Gasteiger partial charge in [-0.2, -0.15) is 5.26 Å². The fourth-order valence-electron chi connectivity index (χ4n) is 1.84. The fourth-order valence-corrected chi connectivity index (χ4v) is 2.78. The van der Waals surface area contributed by atoms with Gasteiger partial charge in [0.05, 0.1) is 16.5 Å². The van der Waals surface area contributed by atoms with Gasteiger partial charge in [0, 0.05) is 14.1 Å². The first-order chi connectivity index (χ1) is 11.9. The molecule has 0 saturated carbocycles. The third kappa shape index (κ3) is 5.03. The number of nitrogens with one attached hydrogen (secondary N) is 1. The van der Waals surface area contributed by atoms with Gasteiger partial charge in [-0.15, -0.1) is 0 Å². The van der Waals surface area contributed by atoms with Crippen molar-refractivity contribution in [2.45, 2.75) is 31.2 Å². The summed E-state index contributed by atoms with van der Waals surface area (Å²) < 4.78 is 30.2. The molecule has 1 rings (SSSR count). The third-order valence-corrected chi connectivity index (χ3v) is 5.78. The van der Waals surface area contributed by atoms with Crippen LogP contribution in [0.15, 0.2) is 29.2 Å². The Morgan fingerprint density at radius 3 is 2.46 bits per heavy atom. The first-order valence-corrected chi connectivity index (χ1v) is 9.30. The van der Waals surface area contributed by atoms with E-state index in [1.165, 1.54) is 38.4 Å². The van der Waals surface area contributed by atoms with Crippen molar-refractivity contribution >= 4 is 21.9 Å². The Balaban J connectivity index is 2.82. The Morgan fingerprint density at radius 2 is 1.96 bits per heavy atom. The molecule has 0 aliphatic heterocycles. The minimum atomic E-state index is -3.69. The number of ether oxygens (including phenoxy) is 1. The molecule has 0 bridgehead atoms. The first-order valence-electron chi connectivity index (χ1n) is 7.86. The lowest BCUT2D eigenvalue weighted by Gasteiger charge is -2.27. The van der Waals surface area contributed by atoms with E-state index >= 15 is 0 Å². The monoisotopic (exact) mass is 381 g/mol. The predicted octanol–water partition coefficient (Wildman–Crippen LogP) is 1.15. The van der Waals surface area contributed by atoms with Crippen LogP contribution in [0.2, 0.25) is 0 Å². The third-order valence-electron chi connectivity index (χ3n) is 3.97. The molecule has 0 aliphatic carbocycles. The van der Waals surface area contributed by atoms with E-state index in [9.17, 15) is 23.3 Å². The van der Waals surface area contributed by atoms with E-state index < -0.39 is 34.0 Å². The van der Waals surface area contributed by atoms with Crippen LogP contribution in [0.25, 0.3) is 0 Å². The topological polar surface area (TPSA) is 117 Å². The number of hydrogen-bond acceptors (Lipinski definition) is 6. The molecule has 1 amide bonds. The Labute approximate surface area is 153 Å². The van der Waals surface area contributed by atoms with E-state index in [-0.39, 0.29) is 16.4 Å². The summed E-state index contributed by atoms with van der Waals surface area (Å²) in [5.41, 5.74) is -1.07. The number of nitrogens with zero attached hydrogens (tertiary/aromatic N) is 2. The lowest BCUT2D eigenvalue weighted by Crippen LogP contribution is -2.50. The van der Waals surface area contributed by atoms with E-state index in [2.05, 4.69) is 5.32 Å². The molecule has 0 spiro atoms. The second kappa shape index (κ2) is 8.29. The molecule has 142 valence electrons. The summed E-state index contributed by atoms with van der Waals surface area (Å²) >= 11 is 0. The van der Waals surface area contributed by atoms with Crippen molar-refractivity contribution < 1.29 is 22.7 Å². The largest absolute Gasteiger partial charge is 0.452 e. The van der Waals surface area contributed by atoms with Gasteiger partial charge in [0.2, 0.25) is 10.0 Å². The Kier molecular flexibility index (Phi) is 6.89. The normalized spacial score (nSPS) is 13.8. The summed E-state index contributed by atoms with van der Waals surface area (Å²) in [6.45, 7) is 4.57. The minimum absolute atomic E-state index is 0.00706. The maximum atomic E-state index is 12.1. The highest BCUT2D eigenvalue weighted by Crippen LogP contribution is 2.16. The summed E-state index contributed by atoms with van der Waals surface area (Å²) in [6, 6.07) is 7.37. The van der Waals surface area contributed by atoms with E-state index in [4.69, 9.17) is 4.74 Å². The van der Waals surface area contributed by atoms with Gasteiger partial charge in [-0.25, -0.2) is 17.5 Å². The van der Waals surface area contributed by atoms with Gasteiger partial charge >= 0.3 is 5.97 Å². The molecule has 0 radical (unpaired) electrons.